The van der Waals surface area contributed by atoms with E-state index >= 15 is 0 Å². The van der Waals surface area contributed by atoms with Gasteiger partial charge >= 0.3 is 0 Å². The number of ether oxygens (including phenoxy) is 1. The maximum Gasteiger partial charge on any atom is 0.124 e. The van der Waals surface area contributed by atoms with Gasteiger partial charge in [0.2, 0.25) is 0 Å². The SMILES string of the molecule is CCCC1(C)Cc2c(ccc3ccccc23)O1. The van der Waals surface area contributed by atoms with Crippen LogP contribution in [0.2, 0.25) is 0 Å². The molecular formula is C16H18O. The second kappa shape index (κ2) is 3.76. The molecule has 1 aliphatic heterocycles. The molecule has 2 aromatic rings. The van der Waals surface area contributed by atoms with Crippen molar-refractivity contribution >= 4 is 10.8 Å². The summed E-state index contributed by atoms with van der Waals surface area (Å²) in [5.74, 6) is 1.08. The standard InChI is InChI=1S/C16H18O/c1-3-10-16(2)11-14-13-7-5-4-6-12(13)8-9-15(14)17-16/h4-9H,3,10-11H2,1-2H3. The Hall–Kier alpha value is -1.50. The molecule has 0 aromatic heterocycles. The summed E-state index contributed by atoms with van der Waals surface area (Å²) in [6, 6.07) is 12.9. The molecule has 0 bridgehead atoms. The molecule has 0 aliphatic carbocycles. The zero-order valence-electron chi connectivity index (χ0n) is 10.5. The largest absolute Gasteiger partial charge is 0.487 e. The first-order valence-electron chi connectivity index (χ1n) is 6.41. The normalized spacial score (nSPS) is 22.5. The van der Waals surface area contributed by atoms with Crippen molar-refractivity contribution in [2.75, 3.05) is 0 Å². The van der Waals surface area contributed by atoms with E-state index in [4.69, 9.17) is 4.74 Å². The molecule has 17 heavy (non-hydrogen) atoms. The monoisotopic (exact) mass is 226 g/mol. The second-order valence-electron chi connectivity index (χ2n) is 5.24. The fourth-order valence-electron chi connectivity index (χ4n) is 2.94. The molecule has 1 heteroatoms. The minimum atomic E-state index is 0.00120. The summed E-state index contributed by atoms with van der Waals surface area (Å²) < 4.78 is 6.14. The molecule has 88 valence electrons. The van der Waals surface area contributed by atoms with Crippen molar-refractivity contribution in [3.05, 3.63) is 42.0 Å². The zero-order valence-corrected chi connectivity index (χ0v) is 10.5. The molecule has 0 amide bonds. The highest BCUT2D eigenvalue weighted by Gasteiger charge is 2.34. The summed E-state index contributed by atoms with van der Waals surface area (Å²) >= 11 is 0. The number of fused-ring (bicyclic) bond motifs is 3. The summed E-state index contributed by atoms with van der Waals surface area (Å²) in [6.07, 6.45) is 3.33. The molecule has 1 heterocycles. The highest BCUT2D eigenvalue weighted by molar-refractivity contribution is 5.88. The molecule has 0 spiro atoms. The van der Waals surface area contributed by atoms with Crippen LogP contribution in [-0.4, -0.2) is 5.60 Å². The maximum absolute atomic E-state index is 6.14. The van der Waals surface area contributed by atoms with E-state index in [2.05, 4.69) is 50.2 Å². The average Bonchev–Trinajstić information content (AvgIpc) is 2.66. The van der Waals surface area contributed by atoms with Crippen LogP contribution in [0.3, 0.4) is 0 Å². The van der Waals surface area contributed by atoms with Gasteiger partial charge in [0.1, 0.15) is 11.4 Å². The Labute approximate surface area is 102 Å². The summed E-state index contributed by atoms with van der Waals surface area (Å²) in [5, 5.41) is 2.67. The third-order valence-corrected chi connectivity index (χ3v) is 3.68. The first kappa shape index (κ1) is 10.6. The van der Waals surface area contributed by atoms with E-state index < -0.39 is 0 Å². The van der Waals surface area contributed by atoms with Crippen LogP contribution in [0.15, 0.2) is 36.4 Å². The van der Waals surface area contributed by atoms with Crippen LogP contribution in [0.1, 0.15) is 32.3 Å². The van der Waals surface area contributed by atoms with Crippen molar-refractivity contribution < 1.29 is 4.74 Å². The Morgan fingerprint density at radius 1 is 1.18 bits per heavy atom. The Bertz CT molecular complexity index is 558. The number of benzene rings is 2. The van der Waals surface area contributed by atoms with Crippen LogP contribution in [-0.2, 0) is 6.42 Å². The van der Waals surface area contributed by atoms with E-state index in [1.165, 1.54) is 22.8 Å². The molecular weight excluding hydrogens is 208 g/mol. The van der Waals surface area contributed by atoms with Crippen molar-refractivity contribution in [3.8, 4) is 5.75 Å². The Kier molecular flexibility index (Phi) is 2.36. The van der Waals surface area contributed by atoms with Gasteiger partial charge in [0.25, 0.3) is 0 Å². The summed E-state index contributed by atoms with van der Waals surface area (Å²) in [4.78, 5) is 0. The molecule has 1 aliphatic rings. The van der Waals surface area contributed by atoms with E-state index in [0.29, 0.717) is 0 Å². The third-order valence-electron chi connectivity index (χ3n) is 3.68. The van der Waals surface area contributed by atoms with Crippen LogP contribution in [0.4, 0.5) is 0 Å². The predicted octanol–water partition coefficient (Wildman–Crippen LogP) is 4.33. The number of hydrogen-bond acceptors (Lipinski definition) is 1. The van der Waals surface area contributed by atoms with Crippen molar-refractivity contribution in [3.63, 3.8) is 0 Å². The number of hydrogen-bond donors (Lipinski definition) is 0. The van der Waals surface area contributed by atoms with Gasteiger partial charge in [-0.15, -0.1) is 0 Å². The zero-order chi connectivity index (χ0) is 11.9. The molecule has 0 fully saturated rings. The topological polar surface area (TPSA) is 9.23 Å². The molecule has 1 nitrogen and oxygen atoms in total. The van der Waals surface area contributed by atoms with E-state index in [0.717, 1.165) is 18.6 Å². The highest BCUT2D eigenvalue weighted by Crippen LogP contribution is 2.41. The summed E-state index contributed by atoms with van der Waals surface area (Å²) in [5.41, 5.74) is 1.39. The van der Waals surface area contributed by atoms with E-state index in [1.807, 2.05) is 0 Å². The Balaban J connectivity index is 2.11. The fourth-order valence-corrected chi connectivity index (χ4v) is 2.94. The predicted molar refractivity (Wildman–Crippen MR) is 71.6 cm³/mol. The van der Waals surface area contributed by atoms with Crippen molar-refractivity contribution in [1.29, 1.82) is 0 Å². The lowest BCUT2D eigenvalue weighted by molar-refractivity contribution is 0.105. The minimum absolute atomic E-state index is 0.00120. The molecule has 1 unspecified atom stereocenters. The van der Waals surface area contributed by atoms with Gasteiger partial charge in [-0.1, -0.05) is 43.7 Å². The Morgan fingerprint density at radius 3 is 2.82 bits per heavy atom. The first-order chi connectivity index (χ1) is 8.22. The van der Waals surface area contributed by atoms with Gasteiger partial charge in [-0.05, 0) is 30.2 Å². The van der Waals surface area contributed by atoms with Crippen LogP contribution in [0, 0.1) is 0 Å². The first-order valence-corrected chi connectivity index (χ1v) is 6.41. The van der Waals surface area contributed by atoms with Crippen LogP contribution in [0.5, 0.6) is 5.75 Å². The number of rotatable bonds is 2. The summed E-state index contributed by atoms with van der Waals surface area (Å²) in [6.45, 7) is 4.45. The lowest BCUT2D eigenvalue weighted by Gasteiger charge is -2.22. The van der Waals surface area contributed by atoms with Gasteiger partial charge in [-0.25, -0.2) is 0 Å². The lowest BCUT2D eigenvalue weighted by atomic mass is 9.92. The van der Waals surface area contributed by atoms with Crippen molar-refractivity contribution in [2.45, 2.75) is 38.7 Å². The highest BCUT2D eigenvalue weighted by atomic mass is 16.5. The van der Waals surface area contributed by atoms with Gasteiger partial charge < -0.3 is 4.74 Å². The van der Waals surface area contributed by atoms with Gasteiger partial charge in [-0.3, -0.25) is 0 Å². The van der Waals surface area contributed by atoms with Crippen LogP contribution in [0.25, 0.3) is 10.8 Å². The Morgan fingerprint density at radius 2 is 2.00 bits per heavy atom. The molecule has 0 saturated heterocycles. The quantitative estimate of drug-likeness (QED) is 0.740. The average molecular weight is 226 g/mol. The van der Waals surface area contributed by atoms with Gasteiger partial charge in [-0.2, -0.15) is 0 Å². The van der Waals surface area contributed by atoms with E-state index in [9.17, 15) is 0 Å². The van der Waals surface area contributed by atoms with Crippen LogP contribution >= 0.6 is 0 Å². The summed E-state index contributed by atoms with van der Waals surface area (Å²) in [7, 11) is 0. The molecule has 0 saturated carbocycles. The van der Waals surface area contributed by atoms with Gasteiger partial charge in [0, 0.05) is 12.0 Å². The van der Waals surface area contributed by atoms with Crippen LogP contribution < -0.4 is 4.74 Å². The van der Waals surface area contributed by atoms with E-state index in [1.54, 1.807) is 0 Å². The second-order valence-corrected chi connectivity index (χ2v) is 5.24. The van der Waals surface area contributed by atoms with Gasteiger partial charge in [0.15, 0.2) is 0 Å². The van der Waals surface area contributed by atoms with Crippen molar-refractivity contribution in [1.82, 2.24) is 0 Å². The fraction of sp³-hybridized carbons (Fsp3) is 0.375. The smallest absolute Gasteiger partial charge is 0.124 e. The van der Waals surface area contributed by atoms with Gasteiger partial charge in [0.05, 0.1) is 0 Å². The molecule has 3 rings (SSSR count). The molecule has 1 atom stereocenters. The lowest BCUT2D eigenvalue weighted by Crippen LogP contribution is -2.29. The van der Waals surface area contributed by atoms with Crippen molar-refractivity contribution in [2.24, 2.45) is 0 Å². The minimum Gasteiger partial charge on any atom is -0.487 e. The third kappa shape index (κ3) is 1.70. The molecule has 2 aromatic carbocycles. The maximum atomic E-state index is 6.14. The van der Waals surface area contributed by atoms with E-state index in [-0.39, 0.29) is 5.60 Å². The molecule has 0 radical (unpaired) electrons. The molecule has 0 N–H and O–H groups in total.